The minimum Gasteiger partial charge on any atom is -0.394 e. The van der Waals surface area contributed by atoms with Crippen LogP contribution in [0.15, 0.2) is 30.3 Å². The van der Waals surface area contributed by atoms with Crippen LogP contribution in [0.2, 0.25) is 0 Å². The van der Waals surface area contributed by atoms with E-state index in [1.807, 2.05) is 37.3 Å². The molecule has 0 aliphatic heterocycles. The van der Waals surface area contributed by atoms with E-state index in [0.717, 1.165) is 11.4 Å². The molecule has 1 aromatic heterocycles. The van der Waals surface area contributed by atoms with Crippen molar-refractivity contribution >= 4 is 0 Å². The first-order chi connectivity index (χ1) is 9.06. The Labute approximate surface area is 111 Å². The number of benzene rings is 1. The Hall–Kier alpha value is -1.69. The fourth-order valence-electron chi connectivity index (χ4n) is 2.20. The Bertz CT molecular complexity index is 551. The largest absolute Gasteiger partial charge is 0.394 e. The molecule has 5 heteroatoms. The summed E-state index contributed by atoms with van der Waals surface area (Å²) in [5, 5.41) is 32.9. The summed E-state index contributed by atoms with van der Waals surface area (Å²) < 4.78 is 1.72. The van der Waals surface area contributed by atoms with Crippen molar-refractivity contribution in [2.24, 2.45) is 0 Å². The first-order valence-electron chi connectivity index (χ1n) is 6.14. The molecule has 0 bridgehead atoms. The molecule has 0 aliphatic rings. The molecular formula is C14H18N2O3. The Balaban J connectivity index is 2.46. The number of aromatic nitrogens is 2. The second-order valence-electron chi connectivity index (χ2n) is 4.53. The molecule has 5 nitrogen and oxygen atoms in total. The van der Waals surface area contributed by atoms with E-state index >= 15 is 0 Å². The molecule has 2 rings (SSSR count). The fourth-order valence-corrected chi connectivity index (χ4v) is 2.20. The third-order valence-electron chi connectivity index (χ3n) is 3.20. The van der Waals surface area contributed by atoms with Crippen molar-refractivity contribution in [3.8, 4) is 5.69 Å². The van der Waals surface area contributed by atoms with E-state index in [4.69, 9.17) is 5.11 Å². The number of aliphatic hydroxyl groups excluding tert-OH is 3. The molecule has 0 radical (unpaired) electrons. The maximum atomic E-state index is 10.0. The van der Waals surface area contributed by atoms with Crippen LogP contribution in [0.3, 0.4) is 0 Å². The van der Waals surface area contributed by atoms with E-state index in [2.05, 4.69) is 5.10 Å². The maximum Gasteiger partial charge on any atom is 0.111 e. The molecule has 0 saturated carbocycles. The zero-order valence-electron chi connectivity index (χ0n) is 11.0. The molecule has 0 amide bonds. The SMILES string of the molecule is Cc1nn(-c2ccccc2)c(C)c1C(O)C(O)CO. The van der Waals surface area contributed by atoms with Crippen LogP contribution in [0, 0.1) is 13.8 Å². The summed E-state index contributed by atoms with van der Waals surface area (Å²) in [5.41, 5.74) is 2.84. The molecule has 3 N–H and O–H groups in total. The molecule has 1 heterocycles. The number of hydrogen-bond acceptors (Lipinski definition) is 4. The van der Waals surface area contributed by atoms with Crippen LogP contribution < -0.4 is 0 Å². The van der Waals surface area contributed by atoms with Crippen molar-refractivity contribution < 1.29 is 15.3 Å². The molecule has 2 aromatic rings. The average Bonchev–Trinajstić information content (AvgIpc) is 2.73. The molecule has 0 spiro atoms. The topological polar surface area (TPSA) is 78.5 Å². The molecular weight excluding hydrogens is 244 g/mol. The quantitative estimate of drug-likeness (QED) is 0.764. The van der Waals surface area contributed by atoms with E-state index in [-0.39, 0.29) is 0 Å². The second-order valence-corrected chi connectivity index (χ2v) is 4.53. The van der Waals surface area contributed by atoms with Crippen molar-refractivity contribution in [1.29, 1.82) is 0 Å². The van der Waals surface area contributed by atoms with Gasteiger partial charge < -0.3 is 15.3 Å². The van der Waals surface area contributed by atoms with Crippen LogP contribution in [0.1, 0.15) is 23.1 Å². The molecule has 0 aliphatic carbocycles. The number of para-hydroxylation sites is 1. The predicted molar refractivity (Wildman–Crippen MR) is 71.1 cm³/mol. The summed E-state index contributed by atoms with van der Waals surface area (Å²) in [6, 6.07) is 9.56. The van der Waals surface area contributed by atoms with Crippen LogP contribution in [-0.4, -0.2) is 37.8 Å². The molecule has 2 atom stereocenters. The first-order valence-corrected chi connectivity index (χ1v) is 6.14. The van der Waals surface area contributed by atoms with Gasteiger partial charge in [0.25, 0.3) is 0 Å². The summed E-state index contributed by atoms with van der Waals surface area (Å²) in [4.78, 5) is 0. The third-order valence-corrected chi connectivity index (χ3v) is 3.20. The van der Waals surface area contributed by atoms with E-state index in [1.165, 1.54) is 0 Å². The molecule has 0 fully saturated rings. The lowest BCUT2D eigenvalue weighted by atomic mass is 10.0. The number of nitrogens with zero attached hydrogens (tertiary/aromatic N) is 2. The van der Waals surface area contributed by atoms with Gasteiger partial charge in [-0.3, -0.25) is 0 Å². The van der Waals surface area contributed by atoms with E-state index in [0.29, 0.717) is 11.3 Å². The van der Waals surface area contributed by atoms with Gasteiger partial charge >= 0.3 is 0 Å². The van der Waals surface area contributed by atoms with Crippen molar-refractivity contribution in [3.05, 3.63) is 47.3 Å². The van der Waals surface area contributed by atoms with Gasteiger partial charge in [0.1, 0.15) is 12.2 Å². The summed E-state index contributed by atoms with van der Waals surface area (Å²) in [6.07, 6.45) is -2.34. The lowest BCUT2D eigenvalue weighted by Crippen LogP contribution is -2.23. The number of aliphatic hydroxyl groups is 3. The third kappa shape index (κ3) is 2.53. The lowest BCUT2D eigenvalue weighted by Gasteiger charge is -2.16. The van der Waals surface area contributed by atoms with Crippen molar-refractivity contribution in [2.75, 3.05) is 6.61 Å². The highest BCUT2D eigenvalue weighted by molar-refractivity contribution is 5.38. The first kappa shape index (κ1) is 13.7. The van der Waals surface area contributed by atoms with Crippen LogP contribution in [0.25, 0.3) is 5.69 Å². The Kier molecular flexibility index (Phi) is 3.99. The summed E-state index contributed by atoms with van der Waals surface area (Å²) in [5.74, 6) is 0. The van der Waals surface area contributed by atoms with Crippen molar-refractivity contribution in [2.45, 2.75) is 26.1 Å². The molecule has 19 heavy (non-hydrogen) atoms. The van der Waals surface area contributed by atoms with Gasteiger partial charge in [0, 0.05) is 11.3 Å². The van der Waals surface area contributed by atoms with Gasteiger partial charge in [-0.15, -0.1) is 0 Å². The maximum absolute atomic E-state index is 10.0. The zero-order chi connectivity index (χ0) is 14.0. The monoisotopic (exact) mass is 262 g/mol. The molecule has 102 valence electrons. The minimum atomic E-state index is -1.20. The summed E-state index contributed by atoms with van der Waals surface area (Å²) >= 11 is 0. The Morgan fingerprint density at radius 2 is 1.79 bits per heavy atom. The van der Waals surface area contributed by atoms with E-state index in [9.17, 15) is 10.2 Å². The van der Waals surface area contributed by atoms with Gasteiger partial charge in [-0.2, -0.15) is 5.10 Å². The highest BCUT2D eigenvalue weighted by Gasteiger charge is 2.25. The highest BCUT2D eigenvalue weighted by Crippen LogP contribution is 2.26. The van der Waals surface area contributed by atoms with Crippen LogP contribution in [0.5, 0.6) is 0 Å². The smallest absolute Gasteiger partial charge is 0.111 e. The highest BCUT2D eigenvalue weighted by atomic mass is 16.4. The molecule has 1 aromatic carbocycles. The number of rotatable bonds is 4. The van der Waals surface area contributed by atoms with Crippen LogP contribution in [-0.2, 0) is 0 Å². The van der Waals surface area contributed by atoms with Crippen LogP contribution in [0.4, 0.5) is 0 Å². The van der Waals surface area contributed by atoms with E-state index < -0.39 is 18.8 Å². The molecule has 2 unspecified atom stereocenters. The summed E-state index contributed by atoms with van der Waals surface area (Å²) in [7, 11) is 0. The van der Waals surface area contributed by atoms with Gasteiger partial charge in [-0.05, 0) is 26.0 Å². The predicted octanol–water partition coefficient (Wildman–Crippen LogP) is 0.876. The number of hydrogen-bond donors (Lipinski definition) is 3. The van der Waals surface area contributed by atoms with Gasteiger partial charge in [-0.1, -0.05) is 18.2 Å². The van der Waals surface area contributed by atoms with Gasteiger partial charge in [0.05, 0.1) is 18.0 Å². The van der Waals surface area contributed by atoms with Gasteiger partial charge in [-0.25, -0.2) is 4.68 Å². The van der Waals surface area contributed by atoms with Crippen LogP contribution >= 0.6 is 0 Å². The standard InChI is InChI=1S/C14H18N2O3/c1-9-13(14(19)12(18)8-17)10(2)16(15-9)11-6-4-3-5-7-11/h3-7,12,14,17-19H,8H2,1-2H3. The Morgan fingerprint density at radius 3 is 2.37 bits per heavy atom. The van der Waals surface area contributed by atoms with Crippen molar-refractivity contribution in [1.82, 2.24) is 9.78 Å². The number of aryl methyl sites for hydroxylation is 1. The van der Waals surface area contributed by atoms with Gasteiger partial charge in [0.15, 0.2) is 0 Å². The zero-order valence-corrected chi connectivity index (χ0v) is 11.0. The molecule has 0 saturated heterocycles. The average molecular weight is 262 g/mol. The van der Waals surface area contributed by atoms with Crippen molar-refractivity contribution in [3.63, 3.8) is 0 Å². The fraction of sp³-hybridized carbons (Fsp3) is 0.357. The summed E-state index contributed by atoms with van der Waals surface area (Å²) in [6.45, 7) is 3.11. The van der Waals surface area contributed by atoms with Gasteiger partial charge in [0.2, 0.25) is 0 Å². The Morgan fingerprint density at radius 1 is 1.16 bits per heavy atom. The lowest BCUT2D eigenvalue weighted by molar-refractivity contribution is -0.0158. The minimum absolute atomic E-state index is 0.490. The second kappa shape index (κ2) is 5.52. The normalized spacial score (nSPS) is 14.4. The van der Waals surface area contributed by atoms with E-state index in [1.54, 1.807) is 11.6 Å².